The van der Waals surface area contributed by atoms with Gasteiger partial charge in [-0.05, 0) is 43.2 Å². The average Bonchev–Trinajstić information content (AvgIpc) is 2.96. The summed E-state index contributed by atoms with van der Waals surface area (Å²) in [5.41, 5.74) is 1.22. The van der Waals surface area contributed by atoms with E-state index in [1.54, 1.807) is 0 Å². The fourth-order valence-electron chi connectivity index (χ4n) is 3.45. The molecule has 0 saturated carbocycles. The highest BCUT2D eigenvalue weighted by Crippen LogP contribution is 2.21. The molecule has 0 spiro atoms. The van der Waals surface area contributed by atoms with Crippen LogP contribution in [0.2, 0.25) is 0 Å². The number of carbonyl (C=O) groups is 1. The molecule has 1 aliphatic heterocycles. The molecule has 0 aliphatic carbocycles. The summed E-state index contributed by atoms with van der Waals surface area (Å²) in [6.45, 7) is 3.92. The van der Waals surface area contributed by atoms with Gasteiger partial charge in [0.2, 0.25) is 5.91 Å². The Hall–Kier alpha value is -1.77. The number of rotatable bonds is 4. The first-order valence-corrected chi connectivity index (χ1v) is 8.13. The number of carbonyl (C=O) groups excluding carboxylic acids is 1. The van der Waals surface area contributed by atoms with Gasteiger partial charge in [0, 0.05) is 37.3 Å². The molecule has 0 radical (unpaired) electrons. The normalized spacial score (nSPS) is 19.1. The molecule has 3 nitrogen and oxygen atoms in total. The predicted molar refractivity (Wildman–Crippen MR) is 86.2 cm³/mol. The van der Waals surface area contributed by atoms with Gasteiger partial charge in [0.15, 0.2) is 0 Å². The van der Waals surface area contributed by atoms with Crippen LogP contribution >= 0.6 is 0 Å². The number of aromatic nitrogens is 1. The molecule has 1 aromatic heterocycles. The van der Waals surface area contributed by atoms with Crippen molar-refractivity contribution in [3.8, 4) is 0 Å². The van der Waals surface area contributed by atoms with Crippen LogP contribution in [0, 0.1) is 0 Å². The maximum atomic E-state index is 12.5. The van der Waals surface area contributed by atoms with Crippen LogP contribution in [-0.4, -0.2) is 28.0 Å². The molecule has 21 heavy (non-hydrogen) atoms. The first-order chi connectivity index (χ1) is 10.3. The van der Waals surface area contributed by atoms with Crippen molar-refractivity contribution in [2.75, 3.05) is 6.54 Å². The number of hydrogen-bond donors (Lipinski definition) is 0. The van der Waals surface area contributed by atoms with Gasteiger partial charge in [-0.2, -0.15) is 0 Å². The van der Waals surface area contributed by atoms with Crippen molar-refractivity contribution in [3.63, 3.8) is 0 Å². The molecule has 0 bridgehead atoms. The lowest BCUT2D eigenvalue weighted by molar-refractivity contribution is -0.135. The zero-order valence-electron chi connectivity index (χ0n) is 12.8. The predicted octanol–water partition coefficient (Wildman–Crippen LogP) is 3.82. The second-order valence-electron chi connectivity index (χ2n) is 5.96. The van der Waals surface area contributed by atoms with Gasteiger partial charge in [0.1, 0.15) is 0 Å². The molecule has 1 unspecified atom stereocenters. The largest absolute Gasteiger partial charge is 0.347 e. The third-order valence-corrected chi connectivity index (χ3v) is 4.67. The minimum Gasteiger partial charge on any atom is -0.347 e. The van der Waals surface area contributed by atoms with Crippen LogP contribution in [0.4, 0.5) is 0 Å². The zero-order valence-corrected chi connectivity index (χ0v) is 12.8. The standard InChI is InChI=1S/C18H24N2O/c1-2-16-8-5-6-12-20(16)18(21)11-14-19-13-10-15-7-3-4-9-17(15)19/h3-4,7,9-10,13,16H,2,5-6,8,11-12,14H2,1H3. The summed E-state index contributed by atoms with van der Waals surface area (Å²) in [5.74, 6) is 0.319. The Bertz CT molecular complexity index is 616. The summed E-state index contributed by atoms with van der Waals surface area (Å²) in [5, 5.41) is 1.24. The molecule has 2 aromatic rings. The lowest BCUT2D eigenvalue weighted by Gasteiger charge is -2.35. The third kappa shape index (κ3) is 2.97. The van der Waals surface area contributed by atoms with Crippen LogP contribution in [0.5, 0.6) is 0 Å². The number of amides is 1. The summed E-state index contributed by atoms with van der Waals surface area (Å²) in [6, 6.07) is 10.9. The van der Waals surface area contributed by atoms with Crippen molar-refractivity contribution in [1.82, 2.24) is 9.47 Å². The van der Waals surface area contributed by atoms with Crippen LogP contribution in [0.25, 0.3) is 10.9 Å². The fraction of sp³-hybridized carbons (Fsp3) is 0.500. The highest BCUT2D eigenvalue weighted by Gasteiger charge is 2.24. The van der Waals surface area contributed by atoms with Crippen LogP contribution in [0.15, 0.2) is 36.5 Å². The van der Waals surface area contributed by atoms with E-state index in [0.717, 1.165) is 25.9 Å². The van der Waals surface area contributed by atoms with Gasteiger partial charge in [0.05, 0.1) is 0 Å². The molecule has 0 N–H and O–H groups in total. The van der Waals surface area contributed by atoms with Gasteiger partial charge in [-0.1, -0.05) is 25.1 Å². The van der Waals surface area contributed by atoms with Crippen molar-refractivity contribution in [2.24, 2.45) is 0 Å². The fourth-order valence-corrected chi connectivity index (χ4v) is 3.45. The average molecular weight is 284 g/mol. The van der Waals surface area contributed by atoms with E-state index >= 15 is 0 Å². The number of piperidine rings is 1. The number of aryl methyl sites for hydroxylation is 1. The van der Waals surface area contributed by atoms with Gasteiger partial charge in [-0.15, -0.1) is 0 Å². The van der Waals surface area contributed by atoms with Crippen LogP contribution < -0.4 is 0 Å². The van der Waals surface area contributed by atoms with E-state index in [4.69, 9.17) is 0 Å². The van der Waals surface area contributed by atoms with Gasteiger partial charge in [0.25, 0.3) is 0 Å². The van der Waals surface area contributed by atoms with E-state index < -0.39 is 0 Å². The highest BCUT2D eigenvalue weighted by molar-refractivity contribution is 5.80. The Morgan fingerprint density at radius 1 is 1.24 bits per heavy atom. The van der Waals surface area contributed by atoms with E-state index in [1.807, 2.05) is 0 Å². The minimum atomic E-state index is 0.319. The molecular weight excluding hydrogens is 260 g/mol. The van der Waals surface area contributed by atoms with Crippen LogP contribution in [-0.2, 0) is 11.3 Å². The summed E-state index contributed by atoms with van der Waals surface area (Å²) in [7, 11) is 0. The first kappa shape index (κ1) is 14.2. The number of para-hydroxylation sites is 1. The number of fused-ring (bicyclic) bond motifs is 1. The minimum absolute atomic E-state index is 0.319. The van der Waals surface area contributed by atoms with E-state index in [2.05, 4.69) is 52.9 Å². The van der Waals surface area contributed by atoms with Crippen molar-refractivity contribution in [2.45, 2.75) is 51.6 Å². The van der Waals surface area contributed by atoms with Crippen molar-refractivity contribution in [1.29, 1.82) is 0 Å². The first-order valence-electron chi connectivity index (χ1n) is 8.13. The zero-order chi connectivity index (χ0) is 14.7. The number of likely N-dealkylation sites (tertiary alicyclic amines) is 1. The lowest BCUT2D eigenvalue weighted by Crippen LogP contribution is -2.43. The molecule has 1 saturated heterocycles. The number of hydrogen-bond acceptors (Lipinski definition) is 1. The summed E-state index contributed by atoms with van der Waals surface area (Å²) in [4.78, 5) is 14.6. The monoisotopic (exact) mass is 284 g/mol. The molecule has 1 aliphatic rings. The van der Waals surface area contributed by atoms with E-state index in [-0.39, 0.29) is 0 Å². The van der Waals surface area contributed by atoms with Crippen molar-refractivity contribution < 1.29 is 4.79 Å². The Balaban J connectivity index is 1.65. The topological polar surface area (TPSA) is 25.2 Å². The Morgan fingerprint density at radius 2 is 2.10 bits per heavy atom. The third-order valence-electron chi connectivity index (χ3n) is 4.67. The molecule has 112 valence electrons. The van der Waals surface area contributed by atoms with Crippen molar-refractivity contribution in [3.05, 3.63) is 36.5 Å². The number of benzene rings is 1. The molecule has 1 aromatic carbocycles. The Labute approximate surface area is 126 Å². The van der Waals surface area contributed by atoms with Crippen molar-refractivity contribution >= 4 is 16.8 Å². The maximum Gasteiger partial charge on any atom is 0.224 e. The van der Waals surface area contributed by atoms with Gasteiger partial charge >= 0.3 is 0 Å². The van der Waals surface area contributed by atoms with Gasteiger partial charge in [-0.25, -0.2) is 0 Å². The van der Waals surface area contributed by atoms with E-state index in [1.165, 1.54) is 23.7 Å². The molecule has 1 atom stereocenters. The SMILES string of the molecule is CCC1CCCCN1C(=O)CCn1ccc2ccccc21. The molecular formula is C18H24N2O. The summed E-state index contributed by atoms with van der Waals surface area (Å²) < 4.78 is 2.19. The molecule has 3 heteroatoms. The second-order valence-corrected chi connectivity index (χ2v) is 5.96. The molecule has 1 amide bonds. The number of nitrogens with zero attached hydrogens (tertiary/aromatic N) is 2. The maximum absolute atomic E-state index is 12.5. The van der Waals surface area contributed by atoms with E-state index in [9.17, 15) is 4.79 Å². The van der Waals surface area contributed by atoms with E-state index in [0.29, 0.717) is 18.4 Å². The molecule has 2 heterocycles. The summed E-state index contributed by atoms with van der Waals surface area (Å²) in [6.07, 6.45) is 7.38. The van der Waals surface area contributed by atoms with Gasteiger partial charge in [-0.3, -0.25) is 4.79 Å². The lowest BCUT2D eigenvalue weighted by atomic mass is 9.99. The Kier molecular flexibility index (Phi) is 4.28. The van der Waals surface area contributed by atoms with Gasteiger partial charge < -0.3 is 9.47 Å². The molecule has 3 rings (SSSR count). The van der Waals surface area contributed by atoms with Crippen LogP contribution in [0.1, 0.15) is 39.0 Å². The highest BCUT2D eigenvalue weighted by atomic mass is 16.2. The van der Waals surface area contributed by atoms with Crippen LogP contribution in [0.3, 0.4) is 0 Å². The second kappa shape index (κ2) is 6.33. The smallest absolute Gasteiger partial charge is 0.224 e. The molecule has 1 fully saturated rings. The summed E-state index contributed by atoms with van der Waals surface area (Å²) >= 11 is 0. The quantitative estimate of drug-likeness (QED) is 0.838. The Morgan fingerprint density at radius 3 is 2.95 bits per heavy atom.